The molecule has 0 spiro atoms. The van der Waals surface area contributed by atoms with Gasteiger partial charge in [0, 0.05) is 38.1 Å². The maximum Gasteiger partial charge on any atom is 0.317 e. The molecule has 1 N–H and O–H groups in total. The van der Waals surface area contributed by atoms with Crippen LogP contribution in [0.4, 0.5) is 10.5 Å². The van der Waals surface area contributed by atoms with E-state index in [2.05, 4.69) is 34.5 Å². The minimum absolute atomic E-state index is 0.0519. The molecule has 4 nitrogen and oxygen atoms in total. The third-order valence-electron chi connectivity index (χ3n) is 6.03. The number of hydrogen-bond donors (Lipinski definition) is 1. The molecule has 2 aliphatic rings. The van der Waals surface area contributed by atoms with Gasteiger partial charge in [-0.1, -0.05) is 60.5 Å². The molecule has 2 amide bonds. The first kappa shape index (κ1) is 18.2. The van der Waals surface area contributed by atoms with Crippen molar-refractivity contribution in [2.75, 3.05) is 37.6 Å². The van der Waals surface area contributed by atoms with Gasteiger partial charge in [-0.3, -0.25) is 0 Å². The zero-order chi connectivity index (χ0) is 18.7. The minimum Gasteiger partial charge on any atom is -0.367 e. The Morgan fingerprint density at radius 3 is 2.26 bits per heavy atom. The Morgan fingerprint density at radius 1 is 0.963 bits per heavy atom. The van der Waals surface area contributed by atoms with Gasteiger partial charge in [0.2, 0.25) is 0 Å². The molecule has 1 aliphatic carbocycles. The number of halogens is 1. The van der Waals surface area contributed by atoms with Gasteiger partial charge in [-0.2, -0.15) is 0 Å². The second-order valence-electron chi connectivity index (χ2n) is 7.58. The Balaban J connectivity index is 1.32. The molecule has 2 aromatic carbocycles. The van der Waals surface area contributed by atoms with Crippen LogP contribution < -0.4 is 10.2 Å². The molecule has 2 aromatic rings. The van der Waals surface area contributed by atoms with Crippen LogP contribution in [0.5, 0.6) is 0 Å². The summed E-state index contributed by atoms with van der Waals surface area (Å²) in [6, 6.07) is 18.6. The van der Waals surface area contributed by atoms with E-state index in [1.165, 1.54) is 12.0 Å². The maximum atomic E-state index is 12.7. The van der Waals surface area contributed by atoms with Gasteiger partial charge < -0.3 is 15.1 Å². The van der Waals surface area contributed by atoms with E-state index in [9.17, 15) is 4.79 Å². The first-order valence-corrected chi connectivity index (χ1v) is 10.1. The van der Waals surface area contributed by atoms with Crippen LogP contribution in [-0.4, -0.2) is 43.7 Å². The largest absolute Gasteiger partial charge is 0.367 e. The molecule has 142 valence electrons. The van der Waals surface area contributed by atoms with E-state index in [1.807, 2.05) is 35.2 Å². The highest BCUT2D eigenvalue weighted by Gasteiger charge is 2.39. The summed E-state index contributed by atoms with van der Waals surface area (Å²) in [5.41, 5.74) is 2.52. The summed E-state index contributed by atoms with van der Waals surface area (Å²) < 4.78 is 0. The molecular weight excluding hydrogens is 358 g/mol. The van der Waals surface area contributed by atoms with E-state index >= 15 is 0 Å². The maximum absolute atomic E-state index is 12.7. The Hall–Kier alpha value is -2.20. The lowest BCUT2D eigenvalue weighted by atomic mass is 9.64. The highest BCUT2D eigenvalue weighted by atomic mass is 35.5. The second kappa shape index (κ2) is 7.81. The predicted molar refractivity (Wildman–Crippen MR) is 111 cm³/mol. The van der Waals surface area contributed by atoms with Gasteiger partial charge >= 0.3 is 6.03 Å². The SMILES string of the molecule is O=C(NCC1(c2ccccc2)CCC1)N1CCN(c2ccccc2Cl)CC1. The molecule has 2 fully saturated rings. The highest BCUT2D eigenvalue weighted by Crippen LogP contribution is 2.43. The fraction of sp³-hybridized carbons (Fsp3) is 0.409. The number of benzene rings is 2. The summed E-state index contributed by atoms with van der Waals surface area (Å²) in [5, 5.41) is 3.97. The Bertz CT molecular complexity index is 783. The standard InChI is InChI=1S/C22H26ClN3O/c23-19-9-4-5-10-20(19)25-13-15-26(16-14-25)21(27)24-17-22(11-6-12-22)18-7-2-1-3-8-18/h1-5,7-10H,6,11-17H2,(H,24,27). The van der Waals surface area contributed by atoms with E-state index in [0.29, 0.717) is 0 Å². The van der Waals surface area contributed by atoms with Crippen LogP contribution in [0.2, 0.25) is 5.02 Å². The van der Waals surface area contributed by atoms with Crippen molar-refractivity contribution in [3.8, 4) is 0 Å². The molecular formula is C22H26ClN3O. The van der Waals surface area contributed by atoms with Crippen molar-refractivity contribution in [3.05, 3.63) is 65.2 Å². The van der Waals surface area contributed by atoms with Crippen LogP contribution in [0.3, 0.4) is 0 Å². The van der Waals surface area contributed by atoms with E-state index in [1.54, 1.807) is 0 Å². The summed E-state index contributed by atoms with van der Waals surface area (Å²) in [5.74, 6) is 0. The lowest BCUT2D eigenvalue weighted by Gasteiger charge is -2.43. The summed E-state index contributed by atoms with van der Waals surface area (Å²) in [7, 11) is 0. The van der Waals surface area contributed by atoms with Crippen LogP contribution in [0, 0.1) is 0 Å². The zero-order valence-corrected chi connectivity index (χ0v) is 16.3. The lowest BCUT2D eigenvalue weighted by Crippen LogP contribution is -2.54. The molecule has 0 atom stereocenters. The van der Waals surface area contributed by atoms with Crippen molar-refractivity contribution >= 4 is 23.3 Å². The minimum atomic E-state index is 0.0519. The molecule has 1 saturated carbocycles. The molecule has 1 saturated heterocycles. The van der Waals surface area contributed by atoms with Gasteiger partial charge in [0.05, 0.1) is 10.7 Å². The number of anilines is 1. The Morgan fingerprint density at radius 2 is 1.63 bits per heavy atom. The fourth-order valence-corrected chi connectivity index (χ4v) is 4.43. The number of rotatable bonds is 4. The van der Waals surface area contributed by atoms with E-state index in [-0.39, 0.29) is 11.4 Å². The monoisotopic (exact) mass is 383 g/mol. The predicted octanol–water partition coefficient (Wildman–Crippen LogP) is 4.29. The third-order valence-corrected chi connectivity index (χ3v) is 6.35. The average molecular weight is 384 g/mol. The molecule has 1 aliphatic heterocycles. The molecule has 1 heterocycles. The van der Waals surface area contributed by atoms with Gasteiger partial charge in [-0.15, -0.1) is 0 Å². The Kier molecular flexibility index (Phi) is 5.26. The molecule has 0 unspecified atom stereocenters. The first-order chi connectivity index (χ1) is 13.2. The van der Waals surface area contributed by atoms with Crippen LogP contribution in [0.25, 0.3) is 0 Å². The number of nitrogens with zero attached hydrogens (tertiary/aromatic N) is 2. The summed E-state index contributed by atoms with van der Waals surface area (Å²) in [4.78, 5) is 16.9. The van der Waals surface area contributed by atoms with E-state index in [0.717, 1.165) is 56.3 Å². The van der Waals surface area contributed by atoms with Gasteiger partial charge in [-0.05, 0) is 30.5 Å². The van der Waals surface area contributed by atoms with E-state index in [4.69, 9.17) is 11.6 Å². The number of nitrogens with one attached hydrogen (secondary N) is 1. The number of amides is 2. The van der Waals surface area contributed by atoms with Crippen LogP contribution >= 0.6 is 11.6 Å². The van der Waals surface area contributed by atoms with Crippen molar-refractivity contribution in [1.82, 2.24) is 10.2 Å². The smallest absolute Gasteiger partial charge is 0.317 e. The fourth-order valence-electron chi connectivity index (χ4n) is 4.18. The zero-order valence-electron chi connectivity index (χ0n) is 15.5. The third kappa shape index (κ3) is 3.77. The van der Waals surface area contributed by atoms with Gasteiger partial charge in [-0.25, -0.2) is 4.79 Å². The van der Waals surface area contributed by atoms with Gasteiger partial charge in [0.15, 0.2) is 0 Å². The number of carbonyl (C=O) groups is 1. The lowest BCUT2D eigenvalue weighted by molar-refractivity contribution is 0.180. The van der Waals surface area contributed by atoms with Crippen molar-refractivity contribution in [3.63, 3.8) is 0 Å². The topological polar surface area (TPSA) is 35.6 Å². The summed E-state index contributed by atoms with van der Waals surface area (Å²) in [6.07, 6.45) is 3.54. The molecule has 0 aromatic heterocycles. The highest BCUT2D eigenvalue weighted by molar-refractivity contribution is 6.33. The number of carbonyl (C=O) groups excluding carboxylic acids is 1. The molecule has 4 rings (SSSR count). The van der Waals surface area contributed by atoms with E-state index < -0.39 is 0 Å². The number of para-hydroxylation sites is 1. The number of urea groups is 1. The van der Waals surface area contributed by atoms with Gasteiger partial charge in [0.25, 0.3) is 0 Å². The summed E-state index contributed by atoms with van der Waals surface area (Å²) >= 11 is 6.30. The van der Waals surface area contributed by atoms with Gasteiger partial charge in [0.1, 0.15) is 0 Å². The summed E-state index contributed by atoms with van der Waals surface area (Å²) in [6.45, 7) is 3.77. The van der Waals surface area contributed by atoms with Crippen LogP contribution in [0.1, 0.15) is 24.8 Å². The first-order valence-electron chi connectivity index (χ1n) is 9.76. The molecule has 0 bridgehead atoms. The number of piperazine rings is 1. The van der Waals surface area contributed by atoms with Crippen molar-refractivity contribution in [1.29, 1.82) is 0 Å². The molecule has 27 heavy (non-hydrogen) atoms. The van der Waals surface area contributed by atoms with Crippen molar-refractivity contribution in [2.24, 2.45) is 0 Å². The van der Waals surface area contributed by atoms with Crippen LogP contribution in [-0.2, 0) is 5.41 Å². The number of hydrogen-bond acceptors (Lipinski definition) is 2. The average Bonchev–Trinajstić information content (AvgIpc) is 2.68. The van der Waals surface area contributed by atoms with Crippen molar-refractivity contribution in [2.45, 2.75) is 24.7 Å². The molecule has 0 radical (unpaired) electrons. The molecule has 5 heteroatoms. The van der Waals surface area contributed by atoms with Crippen LogP contribution in [0.15, 0.2) is 54.6 Å². The second-order valence-corrected chi connectivity index (χ2v) is 7.99. The Labute approximate surface area is 166 Å². The van der Waals surface area contributed by atoms with Crippen molar-refractivity contribution < 1.29 is 4.79 Å². The quantitative estimate of drug-likeness (QED) is 0.854. The normalized spacial score (nSPS) is 18.7.